The Balaban J connectivity index is 3.57. The van der Waals surface area contributed by atoms with E-state index in [1.807, 2.05) is 11.8 Å². The summed E-state index contributed by atoms with van der Waals surface area (Å²) in [6.07, 6.45) is 0.769. The first-order valence-corrected chi connectivity index (χ1v) is 5.32. The van der Waals surface area contributed by atoms with Crippen molar-refractivity contribution in [3.8, 4) is 0 Å². The largest absolute Gasteiger partial charge is 0.389 e. The third-order valence-electron chi connectivity index (χ3n) is 1.62. The molecule has 0 bridgehead atoms. The normalized spacial score (nSPS) is 17.5. The summed E-state index contributed by atoms with van der Waals surface area (Å²) in [5, 5.41) is 9.58. The molecule has 74 valence electrons. The van der Waals surface area contributed by atoms with Crippen LogP contribution in [0.5, 0.6) is 0 Å². The molecule has 2 nitrogen and oxygen atoms in total. The first kappa shape index (κ1) is 12.3. The summed E-state index contributed by atoms with van der Waals surface area (Å²) < 4.78 is 0.282. The molecule has 0 saturated carbocycles. The van der Waals surface area contributed by atoms with E-state index in [1.54, 1.807) is 6.92 Å². The number of hydrogen-bond acceptors (Lipinski definition) is 3. The van der Waals surface area contributed by atoms with E-state index in [0.717, 1.165) is 12.2 Å². The average Bonchev–Trinajstić information content (AvgIpc) is 1.84. The summed E-state index contributed by atoms with van der Waals surface area (Å²) in [5.74, 6) is 0.966. The second kappa shape index (κ2) is 4.49. The van der Waals surface area contributed by atoms with Crippen molar-refractivity contribution in [2.24, 2.45) is 5.73 Å². The Bertz CT molecular complexity index is 129. The molecule has 3 heteroatoms. The topological polar surface area (TPSA) is 46.2 Å². The molecule has 1 atom stereocenters. The summed E-state index contributed by atoms with van der Waals surface area (Å²) >= 11 is 1.86. The number of hydrogen-bond donors (Lipinski definition) is 2. The molecule has 0 heterocycles. The van der Waals surface area contributed by atoms with Gasteiger partial charge < -0.3 is 10.8 Å². The van der Waals surface area contributed by atoms with Crippen LogP contribution in [0.4, 0.5) is 0 Å². The lowest BCUT2D eigenvalue weighted by Crippen LogP contribution is -2.34. The predicted molar refractivity (Wildman–Crippen MR) is 56.5 cm³/mol. The van der Waals surface area contributed by atoms with E-state index in [-0.39, 0.29) is 4.75 Å². The van der Waals surface area contributed by atoms with Crippen LogP contribution in [0.15, 0.2) is 0 Å². The molecule has 0 aliphatic carbocycles. The van der Waals surface area contributed by atoms with Crippen molar-refractivity contribution in [1.82, 2.24) is 0 Å². The van der Waals surface area contributed by atoms with Crippen molar-refractivity contribution in [3.05, 3.63) is 0 Å². The van der Waals surface area contributed by atoms with Crippen molar-refractivity contribution in [2.45, 2.75) is 44.5 Å². The maximum atomic E-state index is 9.58. The van der Waals surface area contributed by atoms with Crippen LogP contribution < -0.4 is 5.73 Å². The van der Waals surface area contributed by atoms with Crippen molar-refractivity contribution >= 4 is 11.8 Å². The molecule has 0 aromatic carbocycles. The Morgan fingerprint density at radius 1 is 1.25 bits per heavy atom. The second-order valence-corrected chi connectivity index (χ2v) is 6.33. The zero-order valence-electron chi connectivity index (χ0n) is 8.55. The molecule has 0 saturated heterocycles. The number of rotatable bonds is 4. The first-order valence-electron chi connectivity index (χ1n) is 4.33. The SMILES string of the molecule is CC(O)(CN)CCSC(C)(C)C. The van der Waals surface area contributed by atoms with Crippen LogP contribution in [0.25, 0.3) is 0 Å². The minimum Gasteiger partial charge on any atom is -0.389 e. The van der Waals surface area contributed by atoms with Crippen LogP contribution in [-0.2, 0) is 0 Å². The van der Waals surface area contributed by atoms with Crippen molar-refractivity contribution in [3.63, 3.8) is 0 Å². The van der Waals surface area contributed by atoms with E-state index in [0.29, 0.717) is 6.54 Å². The highest BCUT2D eigenvalue weighted by Gasteiger charge is 2.19. The number of aliphatic hydroxyl groups is 1. The van der Waals surface area contributed by atoms with E-state index in [9.17, 15) is 5.11 Å². The lowest BCUT2D eigenvalue weighted by atomic mass is 10.1. The molecule has 3 N–H and O–H groups in total. The van der Waals surface area contributed by atoms with Crippen LogP contribution in [0.3, 0.4) is 0 Å². The second-order valence-electron chi connectivity index (χ2n) is 4.41. The van der Waals surface area contributed by atoms with E-state index >= 15 is 0 Å². The molecule has 0 fully saturated rings. The summed E-state index contributed by atoms with van der Waals surface area (Å²) in [5.41, 5.74) is 4.71. The number of thioether (sulfide) groups is 1. The summed E-state index contributed by atoms with van der Waals surface area (Å²) in [6.45, 7) is 8.66. The Morgan fingerprint density at radius 2 is 1.75 bits per heavy atom. The maximum Gasteiger partial charge on any atom is 0.0749 e. The Hall–Kier alpha value is 0.270. The van der Waals surface area contributed by atoms with E-state index in [4.69, 9.17) is 5.73 Å². The Kier molecular flexibility index (Phi) is 4.59. The van der Waals surface area contributed by atoms with Gasteiger partial charge in [-0.1, -0.05) is 20.8 Å². The number of nitrogens with two attached hydrogens (primary N) is 1. The molecule has 0 aromatic heterocycles. The fraction of sp³-hybridized carbons (Fsp3) is 1.00. The van der Waals surface area contributed by atoms with Gasteiger partial charge in [0.1, 0.15) is 0 Å². The van der Waals surface area contributed by atoms with Gasteiger partial charge in [0.15, 0.2) is 0 Å². The summed E-state index contributed by atoms with van der Waals surface area (Å²) in [6, 6.07) is 0. The van der Waals surface area contributed by atoms with Crippen LogP contribution in [0, 0.1) is 0 Å². The average molecular weight is 191 g/mol. The fourth-order valence-electron chi connectivity index (χ4n) is 0.679. The smallest absolute Gasteiger partial charge is 0.0749 e. The molecule has 12 heavy (non-hydrogen) atoms. The van der Waals surface area contributed by atoms with Gasteiger partial charge in [0, 0.05) is 11.3 Å². The molecule has 0 amide bonds. The monoisotopic (exact) mass is 191 g/mol. The van der Waals surface area contributed by atoms with Gasteiger partial charge in [-0.2, -0.15) is 11.8 Å². The van der Waals surface area contributed by atoms with Crippen molar-refractivity contribution < 1.29 is 5.11 Å². The maximum absolute atomic E-state index is 9.58. The molecule has 0 rings (SSSR count). The van der Waals surface area contributed by atoms with Crippen molar-refractivity contribution in [2.75, 3.05) is 12.3 Å². The molecular weight excluding hydrogens is 170 g/mol. The lowest BCUT2D eigenvalue weighted by Gasteiger charge is -2.23. The highest BCUT2D eigenvalue weighted by molar-refractivity contribution is 8.00. The van der Waals surface area contributed by atoms with Gasteiger partial charge in [0.25, 0.3) is 0 Å². The van der Waals surface area contributed by atoms with Crippen LogP contribution in [-0.4, -0.2) is 27.8 Å². The third kappa shape index (κ3) is 6.95. The highest BCUT2D eigenvalue weighted by atomic mass is 32.2. The van der Waals surface area contributed by atoms with Gasteiger partial charge in [-0.25, -0.2) is 0 Å². The Labute approximate surface area is 79.9 Å². The van der Waals surface area contributed by atoms with Gasteiger partial charge in [0.05, 0.1) is 5.60 Å². The first-order chi connectivity index (χ1) is 5.27. The van der Waals surface area contributed by atoms with Gasteiger partial charge in [-0.05, 0) is 19.1 Å². The minimum absolute atomic E-state index is 0.282. The molecule has 0 radical (unpaired) electrons. The molecule has 1 unspecified atom stereocenters. The third-order valence-corrected chi connectivity index (χ3v) is 2.89. The van der Waals surface area contributed by atoms with Crippen LogP contribution in [0.2, 0.25) is 0 Å². The Morgan fingerprint density at radius 3 is 2.08 bits per heavy atom. The molecule has 0 aromatic rings. The molecule has 0 spiro atoms. The molecule has 0 aliphatic rings. The minimum atomic E-state index is -0.682. The molecular formula is C9H21NOS. The van der Waals surface area contributed by atoms with E-state index in [2.05, 4.69) is 20.8 Å². The van der Waals surface area contributed by atoms with E-state index < -0.39 is 5.60 Å². The molecule has 0 aliphatic heterocycles. The van der Waals surface area contributed by atoms with Gasteiger partial charge in [-0.15, -0.1) is 0 Å². The van der Waals surface area contributed by atoms with Gasteiger partial charge in [-0.3, -0.25) is 0 Å². The zero-order valence-corrected chi connectivity index (χ0v) is 9.37. The lowest BCUT2D eigenvalue weighted by molar-refractivity contribution is 0.0664. The predicted octanol–water partition coefficient (Wildman–Crippen LogP) is 1.62. The van der Waals surface area contributed by atoms with Gasteiger partial charge >= 0.3 is 0 Å². The van der Waals surface area contributed by atoms with E-state index in [1.165, 1.54) is 0 Å². The summed E-state index contributed by atoms with van der Waals surface area (Å²) in [7, 11) is 0. The van der Waals surface area contributed by atoms with Crippen molar-refractivity contribution in [1.29, 1.82) is 0 Å². The zero-order chi connectivity index (χ0) is 9.83. The quantitative estimate of drug-likeness (QED) is 0.710. The van der Waals surface area contributed by atoms with Crippen LogP contribution >= 0.6 is 11.8 Å². The van der Waals surface area contributed by atoms with Gasteiger partial charge in [0.2, 0.25) is 0 Å². The standard InChI is InChI=1S/C9H21NOS/c1-8(2,3)12-6-5-9(4,11)7-10/h11H,5-7,10H2,1-4H3. The summed E-state index contributed by atoms with van der Waals surface area (Å²) in [4.78, 5) is 0. The highest BCUT2D eigenvalue weighted by Crippen LogP contribution is 2.25. The van der Waals surface area contributed by atoms with Crippen LogP contribution in [0.1, 0.15) is 34.1 Å². The fourth-order valence-corrected chi connectivity index (χ4v) is 1.83.